The molecule has 1 saturated heterocycles. The third-order valence-electron chi connectivity index (χ3n) is 3.62. The van der Waals surface area contributed by atoms with Crippen molar-refractivity contribution >= 4 is 5.82 Å². The van der Waals surface area contributed by atoms with Gasteiger partial charge < -0.3 is 15.0 Å². The summed E-state index contributed by atoms with van der Waals surface area (Å²) < 4.78 is 5.20. The molecule has 19 heavy (non-hydrogen) atoms. The lowest BCUT2D eigenvalue weighted by atomic mass is 10.1. The van der Waals surface area contributed by atoms with Crippen LogP contribution in [-0.2, 0) is 0 Å². The number of aromatic nitrogens is 2. The quantitative estimate of drug-likeness (QED) is 0.851. The predicted molar refractivity (Wildman–Crippen MR) is 76.6 cm³/mol. The zero-order valence-electron chi connectivity index (χ0n) is 12.1. The monoisotopic (exact) mass is 264 g/mol. The SMILES string of the molecule is COc1ncnc(NCC(C)CN2CCCC2)c1C. The summed E-state index contributed by atoms with van der Waals surface area (Å²) in [4.78, 5) is 10.9. The molecule has 1 aliphatic rings. The molecule has 0 spiro atoms. The minimum atomic E-state index is 0.610. The molecule has 1 aliphatic heterocycles. The van der Waals surface area contributed by atoms with Crippen LogP contribution in [0.2, 0.25) is 0 Å². The van der Waals surface area contributed by atoms with Crippen molar-refractivity contribution in [3.63, 3.8) is 0 Å². The molecule has 1 aromatic heterocycles. The highest BCUT2D eigenvalue weighted by Crippen LogP contribution is 2.20. The number of hydrogen-bond donors (Lipinski definition) is 1. The minimum Gasteiger partial charge on any atom is -0.481 e. The third kappa shape index (κ3) is 3.80. The van der Waals surface area contributed by atoms with E-state index in [1.54, 1.807) is 13.4 Å². The zero-order chi connectivity index (χ0) is 13.7. The molecule has 0 bridgehead atoms. The first-order chi connectivity index (χ1) is 9.20. The Bertz CT molecular complexity index is 404. The summed E-state index contributed by atoms with van der Waals surface area (Å²) in [6.45, 7) is 8.85. The van der Waals surface area contributed by atoms with Gasteiger partial charge in [-0.2, -0.15) is 0 Å². The van der Waals surface area contributed by atoms with E-state index in [9.17, 15) is 0 Å². The second-order valence-corrected chi connectivity index (χ2v) is 5.35. The standard InChI is InChI=1S/C14H24N4O/c1-11(9-18-6-4-5-7-18)8-15-13-12(2)14(19-3)17-10-16-13/h10-11H,4-9H2,1-3H3,(H,15,16,17). The Balaban J connectivity index is 1.84. The number of nitrogens with one attached hydrogen (secondary N) is 1. The van der Waals surface area contributed by atoms with Gasteiger partial charge in [0.1, 0.15) is 12.1 Å². The number of hydrogen-bond acceptors (Lipinski definition) is 5. The van der Waals surface area contributed by atoms with Gasteiger partial charge in [0, 0.05) is 13.1 Å². The molecule has 1 N–H and O–H groups in total. The molecule has 0 saturated carbocycles. The summed E-state index contributed by atoms with van der Waals surface area (Å²) >= 11 is 0. The van der Waals surface area contributed by atoms with Crippen molar-refractivity contribution in [1.29, 1.82) is 0 Å². The lowest BCUT2D eigenvalue weighted by Gasteiger charge is -2.21. The summed E-state index contributed by atoms with van der Waals surface area (Å²) in [6.07, 6.45) is 4.24. The molecule has 2 heterocycles. The molecular weight excluding hydrogens is 240 g/mol. The highest BCUT2D eigenvalue weighted by Gasteiger charge is 2.15. The highest BCUT2D eigenvalue weighted by atomic mass is 16.5. The third-order valence-corrected chi connectivity index (χ3v) is 3.62. The van der Waals surface area contributed by atoms with Gasteiger partial charge in [-0.05, 0) is 38.8 Å². The molecule has 1 atom stereocenters. The maximum absolute atomic E-state index is 5.20. The van der Waals surface area contributed by atoms with Crippen LogP contribution in [0.3, 0.4) is 0 Å². The van der Waals surface area contributed by atoms with Crippen molar-refractivity contribution < 1.29 is 4.74 Å². The fourth-order valence-electron chi connectivity index (χ4n) is 2.56. The summed E-state index contributed by atoms with van der Waals surface area (Å²) in [5.41, 5.74) is 0.971. The smallest absolute Gasteiger partial charge is 0.221 e. The van der Waals surface area contributed by atoms with Gasteiger partial charge in [0.15, 0.2) is 0 Å². The van der Waals surface area contributed by atoms with Crippen LogP contribution >= 0.6 is 0 Å². The van der Waals surface area contributed by atoms with Gasteiger partial charge in [-0.25, -0.2) is 9.97 Å². The first-order valence-electron chi connectivity index (χ1n) is 7.02. The number of methoxy groups -OCH3 is 1. The van der Waals surface area contributed by atoms with Gasteiger partial charge >= 0.3 is 0 Å². The highest BCUT2D eigenvalue weighted by molar-refractivity contribution is 5.47. The Morgan fingerprint density at radius 2 is 2.11 bits per heavy atom. The van der Waals surface area contributed by atoms with Crippen molar-refractivity contribution in [3.05, 3.63) is 11.9 Å². The van der Waals surface area contributed by atoms with Gasteiger partial charge in [-0.1, -0.05) is 6.92 Å². The first kappa shape index (κ1) is 14.1. The first-order valence-corrected chi connectivity index (χ1v) is 7.02. The Hall–Kier alpha value is -1.36. The van der Waals surface area contributed by atoms with Crippen LogP contribution < -0.4 is 10.1 Å². The normalized spacial score (nSPS) is 17.4. The van der Waals surface area contributed by atoms with E-state index in [-0.39, 0.29) is 0 Å². The molecular formula is C14H24N4O. The molecule has 0 amide bonds. The lowest BCUT2D eigenvalue weighted by molar-refractivity contribution is 0.294. The van der Waals surface area contributed by atoms with Gasteiger partial charge in [0.05, 0.1) is 12.7 Å². The largest absolute Gasteiger partial charge is 0.481 e. The number of likely N-dealkylation sites (tertiary alicyclic amines) is 1. The number of anilines is 1. The second kappa shape index (κ2) is 6.70. The van der Waals surface area contributed by atoms with E-state index >= 15 is 0 Å². The summed E-state index contributed by atoms with van der Waals surface area (Å²) in [5, 5.41) is 3.40. The van der Waals surface area contributed by atoms with Gasteiger partial charge in [0.25, 0.3) is 0 Å². The van der Waals surface area contributed by atoms with E-state index in [0.29, 0.717) is 11.8 Å². The summed E-state index contributed by atoms with van der Waals surface area (Å²) in [5.74, 6) is 2.13. The van der Waals surface area contributed by atoms with Crippen molar-refractivity contribution in [1.82, 2.24) is 14.9 Å². The Labute approximate surface area is 115 Å². The predicted octanol–water partition coefficient (Wildman–Crippen LogP) is 1.94. The Kier molecular flexibility index (Phi) is 4.96. The van der Waals surface area contributed by atoms with E-state index in [1.165, 1.54) is 25.9 Å². The lowest BCUT2D eigenvalue weighted by Crippen LogP contribution is -2.29. The average Bonchev–Trinajstić information content (AvgIpc) is 2.90. The molecule has 1 fully saturated rings. The maximum atomic E-state index is 5.20. The maximum Gasteiger partial charge on any atom is 0.221 e. The second-order valence-electron chi connectivity index (χ2n) is 5.35. The van der Waals surface area contributed by atoms with Crippen LogP contribution in [0.5, 0.6) is 5.88 Å². The van der Waals surface area contributed by atoms with E-state index in [0.717, 1.165) is 24.5 Å². The van der Waals surface area contributed by atoms with Crippen LogP contribution in [-0.4, -0.2) is 48.2 Å². The molecule has 1 aromatic rings. The summed E-state index contributed by atoms with van der Waals surface area (Å²) in [6, 6.07) is 0. The fourth-order valence-corrected chi connectivity index (χ4v) is 2.56. The van der Waals surface area contributed by atoms with Crippen LogP contribution in [0.15, 0.2) is 6.33 Å². The molecule has 2 rings (SSSR count). The molecule has 106 valence electrons. The average molecular weight is 264 g/mol. The summed E-state index contributed by atoms with van der Waals surface area (Å²) in [7, 11) is 1.63. The number of ether oxygens (including phenoxy) is 1. The molecule has 5 heteroatoms. The molecule has 0 aromatic carbocycles. The Morgan fingerprint density at radius 1 is 1.37 bits per heavy atom. The van der Waals surface area contributed by atoms with Crippen molar-refractivity contribution in [2.75, 3.05) is 38.6 Å². The minimum absolute atomic E-state index is 0.610. The zero-order valence-corrected chi connectivity index (χ0v) is 12.1. The van der Waals surface area contributed by atoms with Crippen molar-refractivity contribution in [2.45, 2.75) is 26.7 Å². The van der Waals surface area contributed by atoms with Crippen LogP contribution in [0.25, 0.3) is 0 Å². The Morgan fingerprint density at radius 3 is 2.79 bits per heavy atom. The van der Waals surface area contributed by atoms with Crippen LogP contribution in [0.1, 0.15) is 25.3 Å². The van der Waals surface area contributed by atoms with E-state index in [4.69, 9.17) is 4.74 Å². The van der Waals surface area contributed by atoms with Crippen LogP contribution in [0, 0.1) is 12.8 Å². The molecule has 1 unspecified atom stereocenters. The number of rotatable bonds is 6. The van der Waals surface area contributed by atoms with Gasteiger partial charge in [-0.15, -0.1) is 0 Å². The fraction of sp³-hybridized carbons (Fsp3) is 0.714. The molecule has 5 nitrogen and oxygen atoms in total. The molecule has 0 radical (unpaired) electrons. The van der Waals surface area contributed by atoms with E-state index < -0.39 is 0 Å². The van der Waals surface area contributed by atoms with E-state index in [1.807, 2.05) is 6.92 Å². The van der Waals surface area contributed by atoms with Gasteiger partial charge in [-0.3, -0.25) is 0 Å². The van der Waals surface area contributed by atoms with Crippen LogP contribution in [0.4, 0.5) is 5.82 Å². The van der Waals surface area contributed by atoms with Crippen molar-refractivity contribution in [2.24, 2.45) is 5.92 Å². The van der Waals surface area contributed by atoms with Crippen molar-refractivity contribution in [3.8, 4) is 5.88 Å². The number of nitrogens with zero attached hydrogens (tertiary/aromatic N) is 3. The topological polar surface area (TPSA) is 50.3 Å². The van der Waals surface area contributed by atoms with E-state index in [2.05, 4.69) is 27.1 Å². The molecule has 0 aliphatic carbocycles. The van der Waals surface area contributed by atoms with Gasteiger partial charge in [0.2, 0.25) is 5.88 Å².